The van der Waals surface area contributed by atoms with Crippen molar-refractivity contribution in [3.8, 4) is 0 Å². The molecule has 0 aliphatic carbocycles. The molecule has 2 unspecified atom stereocenters. The van der Waals surface area contributed by atoms with Gasteiger partial charge in [-0.1, -0.05) is 0 Å². The van der Waals surface area contributed by atoms with Crippen molar-refractivity contribution < 1.29 is 24.3 Å². The first-order chi connectivity index (χ1) is 9.90. The Morgan fingerprint density at radius 3 is 2.57 bits per heavy atom. The van der Waals surface area contributed by atoms with Gasteiger partial charge in [-0.2, -0.15) is 0 Å². The van der Waals surface area contributed by atoms with Gasteiger partial charge in [-0.05, 0) is 25.8 Å². The van der Waals surface area contributed by atoms with Crippen LogP contribution < -0.4 is 21.7 Å². The van der Waals surface area contributed by atoms with E-state index in [-0.39, 0.29) is 31.3 Å². The van der Waals surface area contributed by atoms with Crippen molar-refractivity contribution in [1.82, 2.24) is 16.0 Å². The number of aliphatic carboxylic acids is 1. The molecule has 1 aliphatic rings. The zero-order valence-electron chi connectivity index (χ0n) is 11.6. The fourth-order valence-electron chi connectivity index (χ4n) is 1.99. The molecule has 0 aromatic heterocycles. The number of hydrogen-bond donors (Lipinski definition) is 5. The summed E-state index contributed by atoms with van der Waals surface area (Å²) in [7, 11) is 0. The van der Waals surface area contributed by atoms with Gasteiger partial charge in [0.15, 0.2) is 0 Å². The fourth-order valence-corrected chi connectivity index (χ4v) is 1.99. The summed E-state index contributed by atoms with van der Waals surface area (Å²) in [6.45, 7) is 0.454. The number of rotatable bonds is 8. The van der Waals surface area contributed by atoms with Gasteiger partial charge in [-0.15, -0.1) is 0 Å². The Bertz CT molecular complexity index is 420. The molecule has 9 heteroatoms. The number of nitrogens with one attached hydrogen (secondary N) is 3. The van der Waals surface area contributed by atoms with E-state index in [1.807, 2.05) is 0 Å². The Balaban J connectivity index is 2.33. The fraction of sp³-hybridized carbons (Fsp3) is 0.667. The third kappa shape index (κ3) is 6.21. The van der Waals surface area contributed by atoms with E-state index in [9.17, 15) is 19.2 Å². The summed E-state index contributed by atoms with van der Waals surface area (Å²) in [6.07, 6.45) is 1.38. The maximum Gasteiger partial charge on any atom is 0.326 e. The van der Waals surface area contributed by atoms with Gasteiger partial charge in [0.2, 0.25) is 17.7 Å². The average Bonchev–Trinajstić information content (AvgIpc) is 2.94. The van der Waals surface area contributed by atoms with E-state index < -0.39 is 23.8 Å². The highest BCUT2D eigenvalue weighted by atomic mass is 16.4. The van der Waals surface area contributed by atoms with Crippen LogP contribution in [0.15, 0.2) is 0 Å². The van der Waals surface area contributed by atoms with Crippen LogP contribution in [0.4, 0.5) is 0 Å². The molecule has 0 radical (unpaired) electrons. The predicted octanol–water partition coefficient (Wildman–Crippen LogP) is -2.31. The molecule has 6 N–H and O–H groups in total. The minimum absolute atomic E-state index is 0.0888. The Morgan fingerprint density at radius 1 is 1.33 bits per heavy atom. The molecule has 0 bridgehead atoms. The van der Waals surface area contributed by atoms with E-state index in [1.165, 1.54) is 0 Å². The zero-order chi connectivity index (χ0) is 15.8. The van der Waals surface area contributed by atoms with E-state index >= 15 is 0 Å². The first-order valence-electron chi connectivity index (χ1n) is 6.71. The number of carbonyl (C=O) groups excluding carboxylic acids is 3. The molecule has 0 saturated carbocycles. The van der Waals surface area contributed by atoms with Crippen LogP contribution in [-0.2, 0) is 19.2 Å². The first kappa shape index (κ1) is 16.9. The number of carbonyl (C=O) groups is 4. The van der Waals surface area contributed by atoms with Gasteiger partial charge in [0.05, 0.1) is 12.6 Å². The lowest BCUT2D eigenvalue weighted by Crippen LogP contribution is -2.48. The normalized spacial score (nSPS) is 18.8. The monoisotopic (exact) mass is 300 g/mol. The minimum atomic E-state index is -1.26. The molecule has 0 aromatic carbocycles. The van der Waals surface area contributed by atoms with Gasteiger partial charge < -0.3 is 26.8 Å². The molecule has 3 amide bonds. The number of hydrogen-bond acceptors (Lipinski definition) is 5. The van der Waals surface area contributed by atoms with Crippen molar-refractivity contribution in [3.63, 3.8) is 0 Å². The number of amides is 3. The number of nitrogens with two attached hydrogens (primary N) is 1. The van der Waals surface area contributed by atoms with E-state index in [0.29, 0.717) is 6.42 Å². The molecule has 0 spiro atoms. The standard InChI is InChI=1S/C12H20N4O5/c13-9(17)4-3-8(12(20)21)16-10(18)6-15-11(19)7-2-1-5-14-7/h7-8,14H,1-6H2,(H2,13,17)(H,15,19)(H,16,18)(H,20,21). The summed E-state index contributed by atoms with van der Waals surface area (Å²) in [4.78, 5) is 44.8. The summed E-state index contributed by atoms with van der Waals surface area (Å²) in [5.41, 5.74) is 4.93. The van der Waals surface area contributed by atoms with Gasteiger partial charge in [0.25, 0.3) is 0 Å². The molecule has 0 aromatic rings. The van der Waals surface area contributed by atoms with Gasteiger partial charge in [0, 0.05) is 6.42 Å². The van der Waals surface area contributed by atoms with Crippen LogP contribution >= 0.6 is 0 Å². The lowest BCUT2D eigenvalue weighted by molar-refractivity contribution is -0.142. The molecule has 118 valence electrons. The van der Waals surface area contributed by atoms with Crippen LogP contribution in [0.5, 0.6) is 0 Å². The summed E-state index contributed by atoms with van der Waals surface area (Å²) in [6, 6.07) is -1.51. The zero-order valence-corrected chi connectivity index (χ0v) is 11.6. The van der Waals surface area contributed by atoms with Crippen LogP contribution in [0.25, 0.3) is 0 Å². The highest BCUT2D eigenvalue weighted by molar-refractivity contribution is 5.89. The molecule has 1 aliphatic heterocycles. The SMILES string of the molecule is NC(=O)CCC(NC(=O)CNC(=O)C1CCCN1)C(=O)O. The second kappa shape index (κ2) is 8.20. The molecule has 9 nitrogen and oxygen atoms in total. The quantitative estimate of drug-likeness (QED) is 0.340. The van der Waals surface area contributed by atoms with Crippen molar-refractivity contribution in [1.29, 1.82) is 0 Å². The van der Waals surface area contributed by atoms with Crippen LogP contribution in [0.2, 0.25) is 0 Å². The minimum Gasteiger partial charge on any atom is -0.480 e. The van der Waals surface area contributed by atoms with E-state index in [1.54, 1.807) is 0 Å². The summed E-state index contributed by atoms with van der Waals surface area (Å²) in [5, 5.41) is 16.6. The number of carboxylic acid groups (broad SMARTS) is 1. The van der Waals surface area contributed by atoms with Crippen molar-refractivity contribution in [2.75, 3.05) is 13.1 Å². The largest absolute Gasteiger partial charge is 0.480 e. The summed E-state index contributed by atoms with van der Waals surface area (Å²) >= 11 is 0. The molecule has 1 rings (SSSR count). The second-order valence-corrected chi connectivity index (χ2v) is 4.83. The van der Waals surface area contributed by atoms with Gasteiger partial charge >= 0.3 is 5.97 Å². The van der Waals surface area contributed by atoms with Crippen LogP contribution in [-0.4, -0.2) is 54.0 Å². The lowest BCUT2D eigenvalue weighted by Gasteiger charge is -2.15. The van der Waals surface area contributed by atoms with E-state index in [0.717, 1.165) is 13.0 Å². The van der Waals surface area contributed by atoms with Gasteiger partial charge in [0.1, 0.15) is 6.04 Å². The van der Waals surface area contributed by atoms with Crippen molar-refractivity contribution in [2.45, 2.75) is 37.8 Å². The van der Waals surface area contributed by atoms with E-state index in [2.05, 4.69) is 16.0 Å². The van der Waals surface area contributed by atoms with Crippen LogP contribution in [0, 0.1) is 0 Å². The van der Waals surface area contributed by atoms with Crippen LogP contribution in [0.3, 0.4) is 0 Å². The van der Waals surface area contributed by atoms with E-state index in [4.69, 9.17) is 10.8 Å². The van der Waals surface area contributed by atoms with Crippen LogP contribution in [0.1, 0.15) is 25.7 Å². The number of primary amides is 1. The molecule has 1 fully saturated rings. The van der Waals surface area contributed by atoms with Crippen molar-refractivity contribution in [2.24, 2.45) is 5.73 Å². The Labute approximate surface area is 121 Å². The summed E-state index contributed by atoms with van der Waals surface area (Å²) < 4.78 is 0. The Hall–Kier alpha value is -2.16. The molecular formula is C12H20N4O5. The highest BCUT2D eigenvalue weighted by Gasteiger charge is 2.24. The molecule has 1 saturated heterocycles. The van der Waals surface area contributed by atoms with Crippen molar-refractivity contribution >= 4 is 23.7 Å². The predicted molar refractivity (Wildman–Crippen MR) is 72.0 cm³/mol. The highest BCUT2D eigenvalue weighted by Crippen LogP contribution is 2.04. The maximum absolute atomic E-state index is 11.7. The lowest BCUT2D eigenvalue weighted by atomic mass is 10.1. The Morgan fingerprint density at radius 2 is 2.05 bits per heavy atom. The third-order valence-electron chi connectivity index (χ3n) is 3.11. The third-order valence-corrected chi connectivity index (χ3v) is 3.11. The first-order valence-corrected chi connectivity index (χ1v) is 6.71. The second-order valence-electron chi connectivity index (χ2n) is 4.83. The average molecular weight is 300 g/mol. The molecular weight excluding hydrogens is 280 g/mol. The van der Waals surface area contributed by atoms with Gasteiger partial charge in [-0.25, -0.2) is 4.79 Å². The molecule has 2 atom stereocenters. The molecule has 1 heterocycles. The number of carboxylic acids is 1. The van der Waals surface area contributed by atoms with Crippen molar-refractivity contribution in [3.05, 3.63) is 0 Å². The maximum atomic E-state index is 11.7. The Kier molecular flexibility index (Phi) is 6.60. The topological polar surface area (TPSA) is 151 Å². The smallest absolute Gasteiger partial charge is 0.326 e. The van der Waals surface area contributed by atoms with Gasteiger partial charge in [-0.3, -0.25) is 14.4 Å². The summed E-state index contributed by atoms with van der Waals surface area (Å²) in [5.74, 6) is -2.81. The molecule has 21 heavy (non-hydrogen) atoms.